The molecule has 0 atom stereocenters. The Morgan fingerprint density at radius 2 is 1.20 bits per heavy atom. The lowest BCUT2D eigenvalue weighted by Gasteiger charge is -2.12. The Bertz CT molecular complexity index is 1680. The summed E-state index contributed by atoms with van der Waals surface area (Å²) < 4.78 is 27.8. The maximum absolute atomic E-state index is 12.7. The molecule has 0 aliphatic carbocycles. The first-order chi connectivity index (χ1) is 19.4. The van der Waals surface area contributed by atoms with Gasteiger partial charge in [0, 0.05) is 57.7 Å². The van der Waals surface area contributed by atoms with Crippen molar-refractivity contribution in [3.63, 3.8) is 0 Å². The first-order valence-corrected chi connectivity index (χ1v) is 14.4. The van der Waals surface area contributed by atoms with Crippen LogP contribution in [0.5, 0.6) is 0 Å². The molecule has 0 radical (unpaired) electrons. The van der Waals surface area contributed by atoms with E-state index >= 15 is 0 Å². The third-order valence-electron chi connectivity index (χ3n) is 5.37. The summed E-state index contributed by atoms with van der Waals surface area (Å²) in [5, 5.41) is 11.1. The van der Waals surface area contributed by atoms with E-state index in [1.165, 1.54) is 18.2 Å². The monoisotopic (exact) mass is 623 g/mol. The molecule has 9 nitrogen and oxygen atoms in total. The van der Waals surface area contributed by atoms with E-state index in [9.17, 15) is 18.5 Å². The van der Waals surface area contributed by atoms with Crippen molar-refractivity contribution < 1.29 is 13.3 Å². The average molecular weight is 624 g/mol. The number of nitro groups is 1. The van der Waals surface area contributed by atoms with Crippen LogP contribution in [0, 0.1) is 10.1 Å². The molecule has 0 aliphatic rings. The van der Waals surface area contributed by atoms with Gasteiger partial charge in [-0.3, -0.25) is 24.8 Å². The Labute approximate surface area is 254 Å². The molecule has 0 spiro atoms. The summed E-state index contributed by atoms with van der Waals surface area (Å²) in [4.78, 5) is 18.4. The number of nitro benzene ring substituents is 1. The molecule has 0 saturated heterocycles. The molecule has 0 bridgehead atoms. The van der Waals surface area contributed by atoms with Crippen molar-refractivity contribution in [3.05, 3.63) is 132 Å². The number of anilines is 2. The van der Waals surface area contributed by atoms with Gasteiger partial charge in [0.1, 0.15) is 0 Å². The molecular weight excluding hydrogens is 599 g/mol. The number of nitrogens with two attached hydrogens (primary N) is 1. The van der Waals surface area contributed by atoms with E-state index in [1.54, 1.807) is 54.9 Å². The van der Waals surface area contributed by atoms with Gasteiger partial charge < -0.3 is 5.73 Å². The molecule has 0 amide bonds. The molecule has 0 unspecified atom stereocenters. The standard InChI is InChI=1S/C17H13N3O4S.C11H10N2.S2.H2S/c21-20(22)16-10-3-4-11-17(16)25(23,24)19-15-9-2-1-7-13(15)14-8-5-6-12-18-14;12-10-6-2-1-5-9(10)11-7-3-4-8-13-11;1-2;/h1-12,19H;1-8H,12H2;;1H2. The molecule has 5 aromatic rings. The van der Waals surface area contributed by atoms with E-state index in [0.29, 0.717) is 16.9 Å². The Kier molecular flexibility index (Phi) is 12.9. The van der Waals surface area contributed by atoms with Gasteiger partial charge in [-0.25, -0.2) is 8.42 Å². The molecule has 2 aromatic heterocycles. The summed E-state index contributed by atoms with van der Waals surface area (Å²) in [6.45, 7) is 0. The van der Waals surface area contributed by atoms with Gasteiger partial charge in [-0.05, 0) is 42.5 Å². The fourth-order valence-electron chi connectivity index (χ4n) is 3.60. The zero-order valence-corrected chi connectivity index (χ0v) is 24.8. The van der Waals surface area contributed by atoms with Gasteiger partial charge in [0.15, 0.2) is 4.90 Å². The number of benzene rings is 3. The summed E-state index contributed by atoms with van der Waals surface area (Å²) in [6, 6.07) is 30.7. The second-order valence-electron chi connectivity index (χ2n) is 7.89. The van der Waals surface area contributed by atoms with Crippen molar-refractivity contribution in [2.75, 3.05) is 10.5 Å². The van der Waals surface area contributed by atoms with Gasteiger partial charge in [-0.2, -0.15) is 13.5 Å². The lowest BCUT2D eigenvalue weighted by Crippen LogP contribution is -2.15. The number of nitrogens with one attached hydrogen (secondary N) is 1. The summed E-state index contributed by atoms with van der Waals surface area (Å²) in [6.07, 6.45) is 3.37. The van der Waals surface area contributed by atoms with Crippen molar-refractivity contribution >= 4 is 63.0 Å². The number of nitrogen functional groups attached to an aromatic ring is 1. The largest absolute Gasteiger partial charge is 0.398 e. The van der Waals surface area contributed by atoms with Gasteiger partial charge >= 0.3 is 0 Å². The van der Waals surface area contributed by atoms with Gasteiger partial charge in [-0.1, -0.05) is 60.7 Å². The molecule has 0 saturated carbocycles. The summed E-state index contributed by atoms with van der Waals surface area (Å²) in [5.74, 6) is 0. The molecule has 2 heterocycles. The first kappa shape index (κ1) is 32.9. The van der Waals surface area contributed by atoms with Crippen molar-refractivity contribution in [3.8, 4) is 22.5 Å². The van der Waals surface area contributed by atoms with Crippen molar-refractivity contribution in [1.82, 2.24) is 9.97 Å². The smallest absolute Gasteiger partial charge is 0.289 e. The number of hydrogen-bond acceptors (Lipinski definition) is 9. The number of sulfonamides is 1. The molecule has 210 valence electrons. The van der Waals surface area contributed by atoms with E-state index in [-0.39, 0.29) is 13.5 Å². The van der Waals surface area contributed by atoms with Gasteiger partial charge in [0.2, 0.25) is 0 Å². The highest BCUT2D eigenvalue weighted by atomic mass is 32.8. The van der Waals surface area contributed by atoms with Crippen LogP contribution in [-0.4, -0.2) is 23.3 Å². The topological polar surface area (TPSA) is 141 Å². The average Bonchev–Trinajstić information content (AvgIpc) is 3.00. The van der Waals surface area contributed by atoms with Crippen LogP contribution in [0.25, 0.3) is 22.5 Å². The number of pyridine rings is 2. The maximum atomic E-state index is 12.7. The van der Waals surface area contributed by atoms with E-state index in [0.717, 1.165) is 23.0 Å². The van der Waals surface area contributed by atoms with Crippen molar-refractivity contribution in [2.45, 2.75) is 4.90 Å². The van der Waals surface area contributed by atoms with E-state index in [2.05, 4.69) is 37.1 Å². The maximum Gasteiger partial charge on any atom is 0.289 e. The SMILES string of the molecule is Nc1ccccc1-c1ccccn1.O=[N+]([O-])c1ccccc1S(=O)(=O)Nc1ccccc1-c1ccccn1.S.S=S. The molecule has 41 heavy (non-hydrogen) atoms. The van der Waals surface area contributed by atoms with Crippen LogP contribution in [0.1, 0.15) is 0 Å². The minimum atomic E-state index is -4.14. The Hall–Kier alpha value is -4.30. The van der Waals surface area contributed by atoms with Crippen molar-refractivity contribution in [2.24, 2.45) is 0 Å². The van der Waals surface area contributed by atoms with Crippen LogP contribution in [0.2, 0.25) is 0 Å². The quantitative estimate of drug-likeness (QED) is 0.134. The minimum absolute atomic E-state index is 0. The Balaban J connectivity index is 0.000000310. The molecule has 3 N–H and O–H groups in total. The highest BCUT2D eigenvalue weighted by Gasteiger charge is 2.26. The summed E-state index contributed by atoms with van der Waals surface area (Å²) in [5.41, 5.74) is 9.45. The molecule has 0 aliphatic heterocycles. The van der Waals surface area contributed by atoms with Crippen LogP contribution in [-0.2, 0) is 32.4 Å². The minimum Gasteiger partial charge on any atom is -0.398 e. The van der Waals surface area contributed by atoms with Crippen LogP contribution in [0.3, 0.4) is 0 Å². The summed E-state index contributed by atoms with van der Waals surface area (Å²) in [7, 11) is -4.14. The highest BCUT2D eigenvalue weighted by Crippen LogP contribution is 2.30. The summed E-state index contributed by atoms with van der Waals surface area (Å²) >= 11 is 7.33. The molecular formula is C28H25N5O4S4. The zero-order chi connectivity index (χ0) is 29.0. The number of nitrogens with zero attached hydrogens (tertiary/aromatic N) is 3. The fourth-order valence-corrected chi connectivity index (χ4v) is 4.86. The van der Waals surface area contributed by atoms with Gasteiger partial charge in [0.25, 0.3) is 15.7 Å². The molecule has 5 rings (SSSR count). The van der Waals surface area contributed by atoms with Crippen LogP contribution < -0.4 is 10.5 Å². The fraction of sp³-hybridized carbons (Fsp3) is 0. The van der Waals surface area contributed by atoms with E-state index in [4.69, 9.17) is 5.73 Å². The van der Waals surface area contributed by atoms with Crippen molar-refractivity contribution in [1.29, 1.82) is 0 Å². The van der Waals surface area contributed by atoms with Gasteiger partial charge in [0.05, 0.1) is 22.0 Å². The van der Waals surface area contributed by atoms with E-state index in [1.807, 2.05) is 42.5 Å². The second-order valence-corrected chi connectivity index (χ2v) is 9.54. The third kappa shape index (κ3) is 8.85. The number of rotatable bonds is 6. The lowest BCUT2D eigenvalue weighted by atomic mass is 10.1. The predicted octanol–water partition coefficient (Wildman–Crippen LogP) is 5.90. The second kappa shape index (κ2) is 16.1. The Morgan fingerprint density at radius 3 is 1.76 bits per heavy atom. The molecule has 0 fully saturated rings. The molecule has 3 aromatic carbocycles. The number of aromatic nitrogens is 2. The zero-order valence-electron chi connectivity index (χ0n) is 21.3. The predicted molar refractivity (Wildman–Crippen MR) is 173 cm³/mol. The first-order valence-electron chi connectivity index (χ1n) is 11.6. The normalized spacial score (nSPS) is 9.95. The number of para-hydroxylation sites is 3. The number of hydrogen-bond donors (Lipinski definition) is 2. The molecule has 13 heteroatoms. The third-order valence-corrected chi connectivity index (χ3v) is 6.78. The Morgan fingerprint density at radius 1 is 0.707 bits per heavy atom. The lowest BCUT2D eigenvalue weighted by molar-refractivity contribution is -0.387. The van der Waals surface area contributed by atoms with Crippen LogP contribution in [0.15, 0.2) is 126 Å². The van der Waals surface area contributed by atoms with E-state index < -0.39 is 25.5 Å². The van der Waals surface area contributed by atoms with Crippen LogP contribution >= 0.6 is 13.5 Å². The highest BCUT2D eigenvalue weighted by molar-refractivity contribution is 8.07. The van der Waals surface area contributed by atoms with Gasteiger partial charge in [-0.15, -0.1) is 0 Å². The van der Waals surface area contributed by atoms with Crippen LogP contribution in [0.4, 0.5) is 17.1 Å².